The van der Waals surface area contributed by atoms with E-state index in [1.807, 2.05) is 30.3 Å². The number of carbonyl (C=O) groups excluding carboxylic acids is 2. The van der Waals surface area contributed by atoms with Crippen molar-refractivity contribution in [3.05, 3.63) is 64.7 Å². The van der Waals surface area contributed by atoms with E-state index in [1.54, 1.807) is 5.06 Å². The molecule has 0 spiro atoms. The third kappa shape index (κ3) is 3.25. The van der Waals surface area contributed by atoms with Gasteiger partial charge in [-0.1, -0.05) is 32.0 Å². The number of para-hydroxylation sites is 1. The number of hydrogen-bond acceptors (Lipinski definition) is 6. The third-order valence-corrected chi connectivity index (χ3v) is 5.28. The minimum atomic E-state index is -0.901. The summed E-state index contributed by atoms with van der Waals surface area (Å²) in [7, 11) is 0. The van der Waals surface area contributed by atoms with E-state index in [1.165, 1.54) is 24.3 Å². The van der Waals surface area contributed by atoms with Gasteiger partial charge >= 0.3 is 0 Å². The van der Waals surface area contributed by atoms with E-state index in [0.717, 1.165) is 10.6 Å². The highest BCUT2D eigenvalue weighted by atomic mass is 16.7. The van der Waals surface area contributed by atoms with Gasteiger partial charge < -0.3 is 0 Å². The number of nitrogens with zero attached hydrogens (tertiary/aromatic N) is 3. The van der Waals surface area contributed by atoms with E-state index < -0.39 is 22.9 Å². The first kappa shape index (κ1) is 19.1. The van der Waals surface area contributed by atoms with Crippen LogP contribution in [0.1, 0.15) is 20.3 Å². The van der Waals surface area contributed by atoms with Crippen LogP contribution in [0.4, 0.5) is 17.1 Å². The highest BCUT2D eigenvalue weighted by Gasteiger charge is 2.59. The summed E-state index contributed by atoms with van der Waals surface area (Å²) in [6.45, 7) is 4.12. The van der Waals surface area contributed by atoms with Crippen molar-refractivity contribution >= 4 is 28.9 Å². The van der Waals surface area contributed by atoms with Crippen LogP contribution in [0.25, 0.3) is 0 Å². The molecular formula is C21H21N3O5. The molecule has 2 aromatic rings. The number of nitro groups is 1. The molecule has 2 fully saturated rings. The Morgan fingerprint density at radius 1 is 1.00 bits per heavy atom. The summed E-state index contributed by atoms with van der Waals surface area (Å²) in [5, 5.41) is 12.6. The highest BCUT2D eigenvalue weighted by molar-refractivity contribution is 6.23. The molecule has 8 heteroatoms. The minimum absolute atomic E-state index is 0.0998. The largest absolute Gasteiger partial charge is 0.273 e. The van der Waals surface area contributed by atoms with Gasteiger partial charge in [-0.05, 0) is 36.6 Å². The lowest BCUT2D eigenvalue weighted by Gasteiger charge is -2.29. The van der Waals surface area contributed by atoms with Gasteiger partial charge in [-0.25, -0.2) is 9.96 Å². The van der Waals surface area contributed by atoms with Crippen LogP contribution in [0.3, 0.4) is 0 Å². The molecule has 0 aliphatic carbocycles. The SMILES string of the molecule is CC(C)C[C@H]1[C@@H]2C(=O)N(c3ccc([N+](=O)[O-])cc3)C(=O)[C@H]2ON1c1ccccc1. The number of non-ortho nitro benzene ring substituents is 1. The maximum absolute atomic E-state index is 13.2. The molecule has 0 bridgehead atoms. The normalized spacial score (nSPS) is 23.8. The fraction of sp³-hybridized carbons (Fsp3) is 0.333. The van der Waals surface area contributed by atoms with Crippen LogP contribution < -0.4 is 9.96 Å². The van der Waals surface area contributed by atoms with Crippen LogP contribution in [0, 0.1) is 22.0 Å². The molecule has 0 unspecified atom stereocenters. The van der Waals surface area contributed by atoms with E-state index in [9.17, 15) is 19.7 Å². The van der Waals surface area contributed by atoms with Gasteiger partial charge in [0.2, 0.25) is 5.91 Å². The van der Waals surface area contributed by atoms with Crippen molar-refractivity contribution < 1.29 is 19.3 Å². The van der Waals surface area contributed by atoms with Crippen molar-refractivity contribution in [2.24, 2.45) is 11.8 Å². The van der Waals surface area contributed by atoms with Crippen LogP contribution in [0.15, 0.2) is 54.6 Å². The van der Waals surface area contributed by atoms with Gasteiger partial charge in [0.25, 0.3) is 11.6 Å². The zero-order valence-corrected chi connectivity index (χ0v) is 16.1. The number of carbonyl (C=O) groups is 2. The Bertz CT molecular complexity index is 945. The quantitative estimate of drug-likeness (QED) is 0.438. The zero-order valence-electron chi connectivity index (χ0n) is 16.1. The lowest BCUT2D eigenvalue weighted by Crippen LogP contribution is -2.41. The van der Waals surface area contributed by atoms with Crippen LogP contribution in [0.5, 0.6) is 0 Å². The van der Waals surface area contributed by atoms with Crippen molar-refractivity contribution in [3.63, 3.8) is 0 Å². The summed E-state index contributed by atoms with van der Waals surface area (Å²) in [6, 6.07) is 14.6. The number of hydroxylamine groups is 1. The van der Waals surface area contributed by atoms with Crippen LogP contribution in [-0.2, 0) is 14.4 Å². The molecule has 2 aliphatic heterocycles. The maximum atomic E-state index is 13.2. The lowest BCUT2D eigenvalue weighted by molar-refractivity contribution is -0.384. The molecule has 2 saturated heterocycles. The molecule has 0 saturated carbocycles. The summed E-state index contributed by atoms with van der Waals surface area (Å²) in [4.78, 5) is 43.7. The maximum Gasteiger partial charge on any atom is 0.269 e. The number of anilines is 2. The number of imide groups is 1. The van der Waals surface area contributed by atoms with Gasteiger partial charge in [-0.3, -0.25) is 24.5 Å². The van der Waals surface area contributed by atoms with E-state index in [-0.39, 0.29) is 17.6 Å². The number of hydrogen-bond donors (Lipinski definition) is 0. The van der Waals surface area contributed by atoms with Crippen LogP contribution in [0.2, 0.25) is 0 Å². The number of nitro benzene ring substituents is 1. The Balaban J connectivity index is 1.66. The first-order valence-electron chi connectivity index (χ1n) is 9.52. The number of benzene rings is 2. The molecule has 150 valence electrons. The van der Waals surface area contributed by atoms with Crippen molar-refractivity contribution in [2.45, 2.75) is 32.4 Å². The average molecular weight is 395 g/mol. The summed E-state index contributed by atoms with van der Waals surface area (Å²) in [5.74, 6) is -1.11. The molecule has 0 aromatic heterocycles. The smallest absolute Gasteiger partial charge is 0.269 e. The second-order valence-electron chi connectivity index (χ2n) is 7.70. The average Bonchev–Trinajstić information content (AvgIpc) is 3.18. The summed E-state index contributed by atoms with van der Waals surface area (Å²) in [5.41, 5.74) is 1.02. The first-order chi connectivity index (χ1) is 13.9. The predicted molar refractivity (Wildman–Crippen MR) is 106 cm³/mol. The first-order valence-corrected chi connectivity index (χ1v) is 9.52. The molecule has 2 aliphatic rings. The second kappa shape index (κ2) is 7.29. The van der Waals surface area contributed by atoms with Gasteiger partial charge in [-0.15, -0.1) is 0 Å². The summed E-state index contributed by atoms with van der Waals surface area (Å²) >= 11 is 0. The van der Waals surface area contributed by atoms with E-state index in [2.05, 4.69) is 13.8 Å². The Kier molecular flexibility index (Phi) is 4.79. The standard InChI is InChI=1S/C21H21N3O5/c1-13(2)12-17-18-19(29-23(17)15-6-4-3-5-7-15)21(26)22(20(18)25)14-8-10-16(11-9-14)24(27)28/h3-11,13,17-19H,12H2,1-2H3/t17-,18-,19-/m0/s1. The molecule has 0 N–H and O–H groups in total. The molecule has 2 amide bonds. The lowest BCUT2D eigenvalue weighted by atomic mass is 9.90. The van der Waals surface area contributed by atoms with E-state index in [0.29, 0.717) is 18.0 Å². The Labute approximate surface area is 167 Å². The monoisotopic (exact) mass is 395 g/mol. The molecule has 3 atom stereocenters. The van der Waals surface area contributed by atoms with Gasteiger partial charge in [0, 0.05) is 12.1 Å². The Morgan fingerprint density at radius 3 is 2.24 bits per heavy atom. The fourth-order valence-electron chi connectivity index (χ4n) is 4.02. The molecule has 2 aromatic carbocycles. The second-order valence-corrected chi connectivity index (χ2v) is 7.70. The van der Waals surface area contributed by atoms with Gasteiger partial charge in [-0.2, -0.15) is 0 Å². The Hall–Kier alpha value is -3.26. The van der Waals surface area contributed by atoms with Crippen molar-refractivity contribution in [1.82, 2.24) is 0 Å². The fourth-order valence-corrected chi connectivity index (χ4v) is 4.02. The summed E-state index contributed by atoms with van der Waals surface area (Å²) < 4.78 is 0. The minimum Gasteiger partial charge on any atom is -0.273 e. The Morgan fingerprint density at radius 2 is 1.66 bits per heavy atom. The molecule has 29 heavy (non-hydrogen) atoms. The molecule has 8 nitrogen and oxygen atoms in total. The molecule has 4 rings (SSSR count). The van der Waals surface area contributed by atoms with Crippen molar-refractivity contribution in [2.75, 3.05) is 9.96 Å². The van der Waals surface area contributed by atoms with Gasteiger partial charge in [0.05, 0.1) is 28.3 Å². The van der Waals surface area contributed by atoms with Crippen LogP contribution in [-0.4, -0.2) is 28.9 Å². The van der Waals surface area contributed by atoms with Gasteiger partial charge in [0.15, 0.2) is 6.10 Å². The van der Waals surface area contributed by atoms with E-state index >= 15 is 0 Å². The predicted octanol–water partition coefficient (Wildman–Crippen LogP) is 3.32. The molecule has 0 radical (unpaired) electrons. The number of fused-ring (bicyclic) bond motifs is 1. The number of rotatable bonds is 5. The van der Waals surface area contributed by atoms with Crippen LogP contribution >= 0.6 is 0 Å². The zero-order chi connectivity index (χ0) is 20.7. The van der Waals surface area contributed by atoms with E-state index in [4.69, 9.17) is 4.84 Å². The highest BCUT2D eigenvalue weighted by Crippen LogP contribution is 2.42. The molecular weight excluding hydrogens is 374 g/mol. The third-order valence-electron chi connectivity index (χ3n) is 5.28. The van der Waals surface area contributed by atoms with Crippen molar-refractivity contribution in [3.8, 4) is 0 Å². The van der Waals surface area contributed by atoms with Gasteiger partial charge in [0.1, 0.15) is 0 Å². The summed E-state index contributed by atoms with van der Waals surface area (Å²) in [6.07, 6.45) is -0.218. The molecule has 2 heterocycles. The number of amides is 2. The topological polar surface area (TPSA) is 93.0 Å². The van der Waals surface area contributed by atoms with Crippen molar-refractivity contribution in [1.29, 1.82) is 0 Å².